The lowest BCUT2D eigenvalue weighted by Crippen LogP contribution is -2.31. The van der Waals surface area contributed by atoms with E-state index in [-0.39, 0.29) is 5.91 Å². The van der Waals surface area contributed by atoms with Crippen LogP contribution in [0.1, 0.15) is 23.1 Å². The number of hydrogen-bond acceptors (Lipinski definition) is 4. The van der Waals surface area contributed by atoms with E-state index in [4.69, 9.17) is 17.0 Å². The van der Waals surface area contributed by atoms with Gasteiger partial charge in [0.15, 0.2) is 10.6 Å². The fourth-order valence-electron chi connectivity index (χ4n) is 3.37. The number of ether oxygens (including phenoxy) is 1. The summed E-state index contributed by atoms with van der Waals surface area (Å²) in [5, 5.41) is 7.19. The van der Waals surface area contributed by atoms with Crippen molar-refractivity contribution in [1.82, 2.24) is 19.7 Å². The van der Waals surface area contributed by atoms with Crippen LogP contribution in [-0.4, -0.2) is 45.8 Å². The smallest absolute Gasteiger partial charge is 0.224 e. The molecule has 3 aromatic rings. The third-order valence-corrected chi connectivity index (χ3v) is 5.21. The summed E-state index contributed by atoms with van der Waals surface area (Å²) in [6.07, 6.45) is 0.340. The molecule has 0 aliphatic carbocycles. The number of H-pyrrole nitrogens is 1. The molecule has 1 amide bonds. The van der Waals surface area contributed by atoms with Crippen molar-refractivity contribution in [2.45, 2.75) is 33.7 Å². The van der Waals surface area contributed by atoms with E-state index < -0.39 is 0 Å². The van der Waals surface area contributed by atoms with Crippen LogP contribution in [0.3, 0.4) is 0 Å². The van der Waals surface area contributed by atoms with Gasteiger partial charge in [0, 0.05) is 25.6 Å². The maximum absolute atomic E-state index is 12.6. The third kappa shape index (κ3) is 5.57. The van der Waals surface area contributed by atoms with Crippen LogP contribution in [0, 0.1) is 25.5 Å². The van der Waals surface area contributed by atoms with Crippen molar-refractivity contribution in [3.8, 4) is 17.1 Å². The zero-order valence-electron chi connectivity index (χ0n) is 17.9. The number of aromatic nitrogens is 3. The molecule has 0 spiro atoms. The topological polar surface area (TPSA) is 63.1 Å². The molecule has 0 unspecified atom stereocenters. The highest BCUT2D eigenvalue weighted by Gasteiger charge is 2.13. The van der Waals surface area contributed by atoms with Crippen LogP contribution in [0.2, 0.25) is 0 Å². The molecule has 158 valence electrons. The van der Waals surface area contributed by atoms with Gasteiger partial charge >= 0.3 is 0 Å². The highest BCUT2D eigenvalue weighted by Crippen LogP contribution is 2.19. The number of benzene rings is 2. The number of aromatic amines is 1. The van der Waals surface area contributed by atoms with Gasteiger partial charge in [0.2, 0.25) is 5.91 Å². The molecule has 0 aliphatic heterocycles. The lowest BCUT2D eigenvalue weighted by atomic mass is 10.1. The second kappa shape index (κ2) is 9.71. The summed E-state index contributed by atoms with van der Waals surface area (Å²) in [7, 11) is 1.79. The average Bonchev–Trinajstić information content (AvgIpc) is 3.05. The average molecular weight is 425 g/mol. The Kier molecular flexibility index (Phi) is 7.05. The Morgan fingerprint density at radius 1 is 1.13 bits per heavy atom. The quantitative estimate of drug-likeness (QED) is 0.542. The molecule has 0 radical (unpaired) electrons. The fraction of sp³-hybridized carbons (Fsp3) is 0.348. The largest absolute Gasteiger partial charge is 0.492 e. The molecule has 0 saturated heterocycles. The molecular formula is C23H28N4O2S. The summed E-state index contributed by atoms with van der Waals surface area (Å²) in [4.78, 5) is 14.3. The zero-order chi connectivity index (χ0) is 21.7. The van der Waals surface area contributed by atoms with Gasteiger partial charge in [-0.25, -0.2) is 0 Å². The number of rotatable bonds is 8. The van der Waals surface area contributed by atoms with Crippen molar-refractivity contribution in [2.75, 3.05) is 20.2 Å². The van der Waals surface area contributed by atoms with E-state index in [1.165, 1.54) is 0 Å². The summed E-state index contributed by atoms with van der Waals surface area (Å²) in [5.74, 6) is 1.62. The highest BCUT2D eigenvalue weighted by molar-refractivity contribution is 7.71. The molecule has 0 aliphatic rings. The first kappa shape index (κ1) is 21.8. The molecule has 0 atom stereocenters. The van der Waals surface area contributed by atoms with Crippen molar-refractivity contribution in [2.24, 2.45) is 0 Å². The van der Waals surface area contributed by atoms with Gasteiger partial charge < -0.3 is 9.64 Å². The van der Waals surface area contributed by atoms with Crippen LogP contribution < -0.4 is 4.74 Å². The monoisotopic (exact) mass is 424 g/mol. The summed E-state index contributed by atoms with van der Waals surface area (Å²) in [6, 6.07) is 14.2. The summed E-state index contributed by atoms with van der Waals surface area (Å²) in [5.41, 5.74) is 4.45. The van der Waals surface area contributed by atoms with E-state index in [2.05, 4.69) is 22.3 Å². The Hall–Kier alpha value is -2.93. The van der Waals surface area contributed by atoms with Gasteiger partial charge in [-0.15, -0.1) is 0 Å². The Morgan fingerprint density at radius 2 is 1.87 bits per heavy atom. The molecule has 6 nitrogen and oxygen atoms in total. The fourth-order valence-corrected chi connectivity index (χ4v) is 3.59. The SMILES string of the molecule is Cc1cc(C)cc(OCCN(C)C(=O)CCn2c(-c3cccc(C)c3)n[nH]c2=S)c1. The van der Waals surface area contributed by atoms with E-state index in [1.54, 1.807) is 11.9 Å². The molecule has 1 N–H and O–H groups in total. The number of nitrogens with zero attached hydrogens (tertiary/aromatic N) is 3. The normalized spacial score (nSPS) is 10.8. The number of amides is 1. The summed E-state index contributed by atoms with van der Waals surface area (Å²) in [6.45, 7) is 7.56. The molecule has 1 heterocycles. The van der Waals surface area contributed by atoms with Gasteiger partial charge in [0.05, 0.1) is 6.54 Å². The standard InChI is InChI=1S/C23H28N4O2S/c1-16-6-5-7-19(13-16)22-24-25-23(30)27(22)9-8-21(28)26(4)10-11-29-20-14-17(2)12-18(3)15-20/h5-7,12-15H,8-11H2,1-4H3,(H,25,30). The van der Waals surface area contributed by atoms with Crippen molar-refractivity contribution >= 4 is 18.1 Å². The molecule has 2 aromatic carbocycles. The Morgan fingerprint density at radius 3 is 2.57 bits per heavy atom. The first-order valence-corrected chi connectivity index (χ1v) is 10.4. The van der Waals surface area contributed by atoms with Gasteiger partial charge in [-0.1, -0.05) is 29.8 Å². The van der Waals surface area contributed by atoms with Crippen LogP contribution in [0.25, 0.3) is 11.4 Å². The lowest BCUT2D eigenvalue weighted by Gasteiger charge is -2.18. The Bertz CT molecular complexity index is 1070. The minimum Gasteiger partial charge on any atom is -0.492 e. The van der Waals surface area contributed by atoms with Crippen LogP contribution in [0.5, 0.6) is 5.75 Å². The predicted molar refractivity (Wildman–Crippen MR) is 121 cm³/mol. The molecule has 1 aromatic heterocycles. The second-order valence-electron chi connectivity index (χ2n) is 7.61. The Balaban J connectivity index is 1.55. The first-order chi connectivity index (χ1) is 14.3. The van der Waals surface area contributed by atoms with E-state index in [0.717, 1.165) is 33.8 Å². The van der Waals surface area contributed by atoms with E-state index >= 15 is 0 Å². The van der Waals surface area contributed by atoms with Crippen molar-refractivity contribution < 1.29 is 9.53 Å². The number of aryl methyl sites for hydroxylation is 3. The van der Waals surface area contributed by atoms with Gasteiger partial charge in [-0.2, -0.15) is 5.10 Å². The number of carbonyl (C=O) groups excluding carboxylic acids is 1. The molecule has 30 heavy (non-hydrogen) atoms. The molecular weight excluding hydrogens is 396 g/mol. The maximum atomic E-state index is 12.6. The van der Waals surface area contributed by atoms with E-state index in [1.807, 2.05) is 55.7 Å². The summed E-state index contributed by atoms with van der Waals surface area (Å²) >= 11 is 5.37. The molecule has 0 saturated carbocycles. The van der Waals surface area contributed by atoms with E-state index in [9.17, 15) is 4.79 Å². The molecule has 3 rings (SSSR count). The summed E-state index contributed by atoms with van der Waals surface area (Å²) < 4.78 is 8.21. The van der Waals surface area contributed by atoms with Crippen molar-refractivity contribution in [3.05, 3.63) is 63.9 Å². The number of carbonyl (C=O) groups is 1. The van der Waals surface area contributed by atoms with Crippen LogP contribution in [0.4, 0.5) is 0 Å². The van der Waals surface area contributed by atoms with E-state index in [0.29, 0.717) is 30.9 Å². The van der Waals surface area contributed by atoms with Crippen LogP contribution in [-0.2, 0) is 11.3 Å². The minimum atomic E-state index is 0.0392. The zero-order valence-corrected chi connectivity index (χ0v) is 18.8. The maximum Gasteiger partial charge on any atom is 0.224 e. The lowest BCUT2D eigenvalue weighted by molar-refractivity contribution is -0.130. The van der Waals surface area contributed by atoms with Crippen LogP contribution >= 0.6 is 12.2 Å². The highest BCUT2D eigenvalue weighted by atomic mass is 32.1. The Labute approximate surface area is 182 Å². The molecule has 0 bridgehead atoms. The second-order valence-corrected chi connectivity index (χ2v) is 8.00. The number of hydrogen-bond donors (Lipinski definition) is 1. The first-order valence-electron chi connectivity index (χ1n) is 10.0. The predicted octanol–water partition coefficient (Wildman–Crippen LogP) is 4.46. The number of likely N-dealkylation sites (N-methyl/N-ethyl adjacent to an activating group) is 1. The van der Waals surface area contributed by atoms with Gasteiger partial charge in [0.1, 0.15) is 12.4 Å². The molecule has 0 fully saturated rings. The minimum absolute atomic E-state index is 0.0392. The van der Waals surface area contributed by atoms with Crippen molar-refractivity contribution in [1.29, 1.82) is 0 Å². The van der Waals surface area contributed by atoms with Crippen molar-refractivity contribution in [3.63, 3.8) is 0 Å². The third-order valence-electron chi connectivity index (χ3n) is 4.90. The van der Waals surface area contributed by atoms with Gasteiger partial charge in [-0.3, -0.25) is 14.5 Å². The number of nitrogens with one attached hydrogen (secondary N) is 1. The van der Waals surface area contributed by atoms with Gasteiger partial charge in [-0.05, 0) is 62.3 Å². The van der Waals surface area contributed by atoms with Gasteiger partial charge in [0.25, 0.3) is 0 Å². The van der Waals surface area contributed by atoms with Crippen LogP contribution in [0.15, 0.2) is 42.5 Å². The molecule has 7 heteroatoms.